The summed E-state index contributed by atoms with van der Waals surface area (Å²) in [6, 6.07) is 0. The largest absolute Gasteiger partial charge is 0.399 e. The second-order valence-corrected chi connectivity index (χ2v) is 2.36. The zero-order chi connectivity index (χ0) is 8.62. The molecule has 6 nitrogen and oxygen atoms in total. The summed E-state index contributed by atoms with van der Waals surface area (Å²) in [5.74, 6) is 0. The van der Waals surface area contributed by atoms with Gasteiger partial charge >= 0.3 is 10.4 Å². The molecule has 0 spiro atoms. The molecule has 1 amide bonds. The number of hydrogen-bond acceptors (Lipinski definition) is 5. The Morgan fingerprint density at radius 3 is 1.50 bits per heavy atom. The molecule has 62 valence electrons. The van der Waals surface area contributed by atoms with Crippen molar-refractivity contribution >= 4 is 16.8 Å². The Bertz CT molecular complexity index is 152. The van der Waals surface area contributed by atoms with E-state index in [4.69, 9.17) is 4.79 Å². The van der Waals surface area contributed by atoms with Crippen LogP contribution in [0.4, 0.5) is 0 Å². The Kier molecular flexibility index (Phi) is 7.79. The Labute approximate surface area is 59.2 Å². The third-order valence-corrected chi connectivity index (χ3v) is 1.22. The van der Waals surface area contributed by atoms with Crippen LogP contribution in [0, 0.1) is 0 Å². The maximum Gasteiger partial charge on any atom is 0.399 e. The number of rotatable bonds is 2. The van der Waals surface area contributed by atoms with Crippen molar-refractivity contribution in [3.05, 3.63) is 0 Å². The van der Waals surface area contributed by atoms with Crippen LogP contribution in [0.25, 0.3) is 0 Å². The van der Waals surface area contributed by atoms with Crippen molar-refractivity contribution in [1.29, 1.82) is 0 Å². The van der Waals surface area contributed by atoms with Gasteiger partial charge < -0.3 is 5.73 Å². The highest BCUT2D eigenvalue weighted by atomic mass is 32.3. The first-order chi connectivity index (χ1) is 4.54. The van der Waals surface area contributed by atoms with Crippen LogP contribution in [0.3, 0.4) is 0 Å². The lowest BCUT2D eigenvalue weighted by Gasteiger charge is -1.91. The molecule has 10 heavy (non-hydrogen) atoms. The molecule has 0 rings (SSSR count). The van der Waals surface area contributed by atoms with Crippen molar-refractivity contribution in [2.24, 2.45) is 5.73 Å². The van der Waals surface area contributed by atoms with Gasteiger partial charge in [0.1, 0.15) is 0 Å². The number of amides is 1. The molecule has 0 fully saturated rings. The van der Waals surface area contributed by atoms with E-state index in [1.165, 1.54) is 0 Å². The van der Waals surface area contributed by atoms with E-state index < -0.39 is 10.4 Å². The maximum absolute atomic E-state index is 9.92. The fourth-order valence-corrected chi connectivity index (χ4v) is 0.204. The Hall–Kier alpha value is -0.660. The van der Waals surface area contributed by atoms with E-state index >= 15 is 0 Å². The molecule has 0 aliphatic rings. The van der Waals surface area contributed by atoms with Crippen LogP contribution in [-0.4, -0.2) is 29.0 Å². The average Bonchev–Trinajstić information content (AvgIpc) is 1.90. The van der Waals surface area contributed by atoms with E-state index in [9.17, 15) is 8.42 Å². The summed E-state index contributed by atoms with van der Waals surface area (Å²) in [4.78, 5) is 8.58. The van der Waals surface area contributed by atoms with Crippen molar-refractivity contribution in [2.75, 3.05) is 14.2 Å². The highest BCUT2D eigenvalue weighted by Crippen LogP contribution is 1.85. The van der Waals surface area contributed by atoms with Gasteiger partial charge in [-0.25, -0.2) is 0 Å². The highest BCUT2D eigenvalue weighted by molar-refractivity contribution is 7.81. The van der Waals surface area contributed by atoms with Gasteiger partial charge in [0.15, 0.2) is 0 Å². The van der Waals surface area contributed by atoms with Gasteiger partial charge in [0, 0.05) is 0 Å². The summed E-state index contributed by atoms with van der Waals surface area (Å²) >= 11 is 0. The second-order valence-electron chi connectivity index (χ2n) is 0.878. The average molecular weight is 171 g/mol. The van der Waals surface area contributed by atoms with E-state index in [2.05, 4.69) is 14.1 Å². The SMILES string of the molecule is COS(=O)(=O)OC.NC=O. The molecule has 0 saturated carbocycles. The van der Waals surface area contributed by atoms with Crippen molar-refractivity contribution < 1.29 is 21.6 Å². The van der Waals surface area contributed by atoms with Gasteiger partial charge in [-0.3, -0.25) is 13.2 Å². The van der Waals surface area contributed by atoms with Gasteiger partial charge in [-0.1, -0.05) is 0 Å². The summed E-state index contributed by atoms with van der Waals surface area (Å²) < 4.78 is 27.5. The van der Waals surface area contributed by atoms with Crippen LogP contribution in [0.2, 0.25) is 0 Å². The summed E-state index contributed by atoms with van der Waals surface area (Å²) in [5, 5.41) is 0. The Morgan fingerprint density at radius 2 is 1.50 bits per heavy atom. The monoisotopic (exact) mass is 171 g/mol. The topological polar surface area (TPSA) is 95.7 Å². The van der Waals surface area contributed by atoms with Crippen molar-refractivity contribution in [1.82, 2.24) is 0 Å². The van der Waals surface area contributed by atoms with E-state index in [1.54, 1.807) is 0 Å². The standard InChI is InChI=1S/C2H6O4S.CH3NO/c1-5-7(3,4)6-2;2-1-3/h1-2H3;1H,(H2,2,3). The molecular weight excluding hydrogens is 162 g/mol. The number of nitrogens with two attached hydrogens (primary N) is 1. The molecule has 0 aromatic rings. The molecule has 0 saturated heterocycles. The molecule has 0 aromatic heterocycles. The number of carbonyl (C=O) groups excluding carboxylic acids is 1. The number of carbonyl (C=O) groups is 1. The van der Waals surface area contributed by atoms with E-state index in [0.29, 0.717) is 0 Å². The molecule has 0 atom stereocenters. The third kappa shape index (κ3) is 10.3. The lowest BCUT2D eigenvalue weighted by molar-refractivity contribution is -0.106. The second kappa shape index (κ2) is 6.46. The molecule has 2 N–H and O–H groups in total. The van der Waals surface area contributed by atoms with E-state index in [1.807, 2.05) is 0 Å². The molecule has 0 aliphatic heterocycles. The molecule has 7 heteroatoms. The van der Waals surface area contributed by atoms with Crippen LogP contribution in [0.1, 0.15) is 0 Å². The zero-order valence-corrected chi connectivity index (χ0v) is 6.42. The summed E-state index contributed by atoms with van der Waals surface area (Å²) in [5.41, 5.74) is 4.17. The first kappa shape index (κ1) is 12.1. The third-order valence-electron chi connectivity index (χ3n) is 0.408. The normalized spacial score (nSPS) is 9.40. The predicted molar refractivity (Wildman–Crippen MR) is 33.2 cm³/mol. The lowest BCUT2D eigenvalue weighted by Crippen LogP contribution is -2.02. The van der Waals surface area contributed by atoms with Crippen molar-refractivity contribution in [2.45, 2.75) is 0 Å². The van der Waals surface area contributed by atoms with Gasteiger partial charge in [0.2, 0.25) is 6.41 Å². The van der Waals surface area contributed by atoms with Crippen LogP contribution in [0.15, 0.2) is 0 Å². The minimum atomic E-state index is -3.66. The number of primary amides is 1. The van der Waals surface area contributed by atoms with Gasteiger partial charge in [0.25, 0.3) is 0 Å². The van der Waals surface area contributed by atoms with E-state index in [-0.39, 0.29) is 6.41 Å². The van der Waals surface area contributed by atoms with Crippen LogP contribution >= 0.6 is 0 Å². The van der Waals surface area contributed by atoms with Crippen LogP contribution < -0.4 is 5.73 Å². The molecule has 0 unspecified atom stereocenters. The smallest absolute Gasteiger partial charge is 0.372 e. The zero-order valence-electron chi connectivity index (χ0n) is 5.60. The van der Waals surface area contributed by atoms with E-state index in [0.717, 1.165) is 14.2 Å². The lowest BCUT2D eigenvalue weighted by atomic mass is 11.5. The maximum atomic E-state index is 9.92. The molecule has 0 aromatic carbocycles. The first-order valence-electron chi connectivity index (χ1n) is 2.05. The Balaban J connectivity index is 0. The van der Waals surface area contributed by atoms with Gasteiger partial charge in [-0.05, 0) is 0 Å². The Morgan fingerprint density at radius 1 is 1.30 bits per heavy atom. The highest BCUT2D eigenvalue weighted by Gasteiger charge is 2.01. The fourth-order valence-electron chi connectivity index (χ4n) is 0.0680. The summed E-state index contributed by atoms with van der Waals surface area (Å²) in [6.07, 6.45) is 0.250. The van der Waals surface area contributed by atoms with Crippen molar-refractivity contribution in [3.63, 3.8) is 0 Å². The molecule has 0 aliphatic carbocycles. The number of hydrogen-bond donors (Lipinski definition) is 1. The summed E-state index contributed by atoms with van der Waals surface area (Å²) in [6.45, 7) is 0. The molecule has 0 radical (unpaired) electrons. The molecular formula is C3H9NO5S. The van der Waals surface area contributed by atoms with Crippen molar-refractivity contribution in [3.8, 4) is 0 Å². The predicted octanol–water partition coefficient (Wildman–Crippen LogP) is -1.37. The van der Waals surface area contributed by atoms with Gasteiger partial charge in [0.05, 0.1) is 14.2 Å². The van der Waals surface area contributed by atoms with Crippen LogP contribution in [-0.2, 0) is 23.6 Å². The molecule has 0 heterocycles. The van der Waals surface area contributed by atoms with Gasteiger partial charge in [-0.15, -0.1) is 0 Å². The first-order valence-corrected chi connectivity index (χ1v) is 3.39. The summed E-state index contributed by atoms with van der Waals surface area (Å²) in [7, 11) is -1.60. The fraction of sp³-hybridized carbons (Fsp3) is 0.667. The minimum Gasteiger partial charge on any atom is -0.372 e. The van der Waals surface area contributed by atoms with Crippen LogP contribution in [0.5, 0.6) is 0 Å². The quantitative estimate of drug-likeness (QED) is 0.517. The van der Waals surface area contributed by atoms with Gasteiger partial charge in [-0.2, -0.15) is 8.42 Å². The minimum absolute atomic E-state index is 0.250. The molecule has 0 bridgehead atoms.